The number of aromatic hydroxyl groups is 3. The molecule has 1 fully saturated rings. The van der Waals surface area contributed by atoms with Crippen LogP contribution in [0.4, 0.5) is 0 Å². The SMILES string of the molecule is O=c1cc(-c2ccc(O)cc2)oc2c(O)c(C3OC(CO)C(O)C(O)C3O)cc(O)c12. The molecule has 0 bridgehead atoms. The Bertz CT molecular complexity index is 1170. The van der Waals surface area contributed by atoms with Crippen molar-refractivity contribution in [2.24, 2.45) is 0 Å². The molecule has 0 saturated carbocycles. The van der Waals surface area contributed by atoms with Crippen LogP contribution in [-0.4, -0.2) is 66.8 Å². The van der Waals surface area contributed by atoms with Crippen molar-refractivity contribution in [2.75, 3.05) is 6.61 Å². The molecular formula is C21H20O10. The quantitative estimate of drug-likeness (QED) is 0.280. The molecule has 164 valence electrons. The first-order valence-electron chi connectivity index (χ1n) is 9.35. The minimum absolute atomic E-state index is 0.00252. The number of hydrogen-bond acceptors (Lipinski definition) is 10. The van der Waals surface area contributed by atoms with Crippen LogP contribution in [0, 0.1) is 0 Å². The Morgan fingerprint density at radius 1 is 0.903 bits per heavy atom. The molecule has 0 radical (unpaired) electrons. The van der Waals surface area contributed by atoms with Gasteiger partial charge < -0.3 is 44.9 Å². The summed E-state index contributed by atoms with van der Waals surface area (Å²) in [5, 5.41) is 70.1. The standard InChI is InChI=1S/C21H20O10/c22-7-14-17(27)18(28)19(29)20(31-14)10-5-11(24)15-12(25)6-13(30-21(15)16(10)26)8-1-3-9(23)4-2-8/h1-6,14,17-20,22-24,26-29H,7H2. The van der Waals surface area contributed by atoms with E-state index >= 15 is 0 Å². The summed E-state index contributed by atoms with van der Waals surface area (Å²) in [7, 11) is 0. The van der Waals surface area contributed by atoms with Crippen molar-refractivity contribution >= 4 is 11.0 Å². The van der Waals surface area contributed by atoms with E-state index in [0.29, 0.717) is 5.56 Å². The number of fused-ring (bicyclic) bond motifs is 1. The molecule has 2 heterocycles. The third kappa shape index (κ3) is 3.50. The first-order valence-corrected chi connectivity index (χ1v) is 9.35. The summed E-state index contributed by atoms with van der Waals surface area (Å²) in [6, 6.07) is 7.82. The van der Waals surface area contributed by atoms with Crippen LogP contribution in [-0.2, 0) is 4.74 Å². The highest BCUT2D eigenvalue weighted by Crippen LogP contribution is 2.43. The van der Waals surface area contributed by atoms with Gasteiger partial charge in [0, 0.05) is 17.2 Å². The summed E-state index contributed by atoms with van der Waals surface area (Å²) >= 11 is 0. The summed E-state index contributed by atoms with van der Waals surface area (Å²) in [5.74, 6) is -1.16. The maximum Gasteiger partial charge on any atom is 0.197 e. The van der Waals surface area contributed by atoms with E-state index in [1.54, 1.807) is 0 Å². The Labute approximate surface area is 174 Å². The van der Waals surface area contributed by atoms with Crippen molar-refractivity contribution in [3.05, 3.63) is 52.2 Å². The van der Waals surface area contributed by atoms with Crippen molar-refractivity contribution < 1.29 is 44.9 Å². The Morgan fingerprint density at radius 2 is 1.58 bits per heavy atom. The predicted molar refractivity (Wildman–Crippen MR) is 106 cm³/mol. The fourth-order valence-corrected chi connectivity index (χ4v) is 3.67. The highest BCUT2D eigenvalue weighted by molar-refractivity contribution is 5.90. The largest absolute Gasteiger partial charge is 0.508 e. The van der Waals surface area contributed by atoms with E-state index < -0.39 is 54.1 Å². The molecular weight excluding hydrogens is 412 g/mol. The lowest BCUT2D eigenvalue weighted by Crippen LogP contribution is -2.55. The summed E-state index contributed by atoms with van der Waals surface area (Å²) < 4.78 is 11.1. The lowest BCUT2D eigenvalue weighted by Gasteiger charge is -2.40. The number of benzene rings is 2. The van der Waals surface area contributed by atoms with Gasteiger partial charge >= 0.3 is 0 Å². The molecule has 10 nitrogen and oxygen atoms in total. The van der Waals surface area contributed by atoms with Crippen molar-refractivity contribution in [1.29, 1.82) is 0 Å². The molecule has 5 atom stereocenters. The summed E-state index contributed by atoms with van der Waals surface area (Å²) in [6.07, 6.45) is -7.72. The van der Waals surface area contributed by atoms with E-state index in [2.05, 4.69) is 0 Å². The predicted octanol–water partition coefficient (Wildman–Crippen LogP) is 0.0917. The topological polar surface area (TPSA) is 181 Å². The molecule has 5 unspecified atom stereocenters. The Morgan fingerprint density at radius 3 is 2.23 bits per heavy atom. The molecule has 10 heteroatoms. The van der Waals surface area contributed by atoms with Gasteiger partial charge in [-0.05, 0) is 30.3 Å². The number of aliphatic hydroxyl groups excluding tert-OH is 4. The molecule has 1 aliphatic heterocycles. The average Bonchev–Trinajstić information content (AvgIpc) is 2.75. The third-order valence-electron chi connectivity index (χ3n) is 5.34. The Kier molecular flexibility index (Phi) is 5.33. The molecule has 0 spiro atoms. The summed E-state index contributed by atoms with van der Waals surface area (Å²) in [6.45, 7) is -0.679. The smallest absolute Gasteiger partial charge is 0.197 e. The first-order chi connectivity index (χ1) is 14.7. The normalized spacial score (nSPS) is 26.3. The number of rotatable bonds is 3. The van der Waals surface area contributed by atoms with E-state index in [0.717, 1.165) is 12.1 Å². The maximum atomic E-state index is 12.6. The Balaban J connectivity index is 1.89. The van der Waals surface area contributed by atoms with E-state index in [4.69, 9.17) is 9.15 Å². The molecule has 7 N–H and O–H groups in total. The summed E-state index contributed by atoms with van der Waals surface area (Å²) in [5.41, 5.74) is -0.846. The van der Waals surface area contributed by atoms with Crippen molar-refractivity contribution in [2.45, 2.75) is 30.5 Å². The number of phenols is 3. The number of aliphatic hydroxyl groups is 4. The molecule has 4 rings (SSSR count). The van der Waals surface area contributed by atoms with Crippen LogP contribution in [0.5, 0.6) is 17.2 Å². The van der Waals surface area contributed by atoms with Gasteiger partial charge in [0.25, 0.3) is 0 Å². The molecule has 1 aromatic heterocycles. The van der Waals surface area contributed by atoms with Gasteiger partial charge in [0.2, 0.25) is 0 Å². The lowest BCUT2D eigenvalue weighted by atomic mass is 9.90. The van der Waals surface area contributed by atoms with Crippen molar-refractivity contribution in [3.63, 3.8) is 0 Å². The van der Waals surface area contributed by atoms with Crippen LogP contribution in [0.2, 0.25) is 0 Å². The van der Waals surface area contributed by atoms with Gasteiger partial charge in [-0.2, -0.15) is 0 Å². The van der Waals surface area contributed by atoms with Crippen LogP contribution in [0.3, 0.4) is 0 Å². The van der Waals surface area contributed by atoms with Gasteiger partial charge in [0.15, 0.2) is 16.8 Å². The van der Waals surface area contributed by atoms with Gasteiger partial charge in [0.1, 0.15) is 53.2 Å². The second-order valence-corrected chi connectivity index (χ2v) is 7.31. The second kappa shape index (κ2) is 7.84. The first kappa shape index (κ1) is 21.1. The summed E-state index contributed by atoms with van der Waals surface area (Å²) in [4.78, 5) is 12.6. The molecule has 0 amide bonds. The molecule has 1 saturated heterocycles. The van der Waals surface area contributed by atoms with Crippen molar-refractivity contribution in [3.8, 4) is 28.6 Å². The second-order valence-electron chi connectivity index (χ2n) is 7.31. The van der Waals surface area contributed by atoms with Crippen LogP contribution in [0.15, 0.2) is 45.6 Å². The van der Waals surface area contributed by atoms with E-state index in [1.165, 1.54) is 24.3 Å². The number of hydrogen-bond donors (Lipinski definition) is 7. The monoisotopic (exact) mass is 432 g/mol. The van der Waals surface area contributed by atoms with Gasteiger partial charge in [-0.25, -0.2) is 0 Å². The zero-order chi connectivity index (χ0) is 22.4. The average molecular weight is 432 g/mol. The van der Waals surface area contributed by atoms with Crippen LogP contribution >= 0.6 is 0 Å². The molecule has 2 aromatic carbocycles. The number of phenolic OH excluding ortho intramolecular Hbond substituents is 3. The van der Waals surface area contributed by atoms with Gasteiger partial charge in [-0.1, -0.05) is 0 Å². The zero-order valence-corrected chi connectivity index (χ0v) is 15.9. The molecule has 0 aliphatic carbocycles. The van der Waals surface area contributed by atoms with E-state index in [-0.39, 0.29) is 28.0 Å². The third-order valence-corrected chi connectivity index (χ3v) is 5.34. The lowest BCUT2D eigenvalue weighted by molar-refractivity contribution is -0.232. The minimum Gasteiger partial charge on any atom is -0.508 e. The van der Waals surface area contributed by atoms with Gasteiger partial charge in [-0.15, -0.1) is 0 Å². The van der Waals surface area contributed by atoms with E-state index in [9.17, 15) is 40.5 Å². The Hall–Kier alpha value is -3.15. The number of ether oxygens (including phenoxy) is 1. The van der Waals surface area contributed by atoms with Crippen LogP contribution < -0.4 is 5.43 Å². The molecule has 1 aliphatic rings. The zero-order valence-electron chi connectivity index (χ0n) is 15.9. The van der Waals surface area contributed by atoms with Gasteiger partial charge in [-0.3, -0.25) is 4.79 Å². The highest BCUT2D eigenvalue weighted by Gasteiger charge is 2.45. The minimum atomic E-state index is -1.72. The fraction of sp³-hybridized carbons (Fsp3) is 0.286. The fourth-order valence-electron chi connectivity index (χ4n) is 3.67. The van der Waals surface area contributed by atoms with Gasteiger partial charge in [0.05, 0.1) is 6.61 Å². The van der Waals surface area contributed by atoms with Crippen LogP contribution in [0.1, 0.15) is 11.7 Å². The maximum absolute atomic E-state index is 12.6. The van der Waals surface area contributed by atoms with Crippen LogP contribution in [0.25, 0.3) is 22.3 Å². The van der Waals surface area contributed by atoms with E-state index in [1.807, 2.05) is 0 Å². The van der Waals surface area contributed by atoms with Crippen molar-refractivity contribution in [1.82, 2.24) is 0 Å². The highest BCUT2D eigenvalue weighted by atomic mass is 16.5. The molecule has 3 aromatic rings. The molecule has 31 heavy (non-hydrogen) atoms.